The summed E-state index contributed by atoms with van der Waals surface area (Å²) in [6, 6.07) is 0. The largest absolute Gasteiger partial charge is 0.468 e. The molecule has 0 aromatic rings. The molecule has 3 heteroatoms. The van der Waals surface area contributed by atoms with Crippen LogP contribution < -0.4 is 0 Å². The van der Waals surface area contributed by atoms with Crippen molar-refractivity contribution in [3.8, 4) is 0 Å². The third-order valence-electron chi connectivity index (χ3n) is 3.41. The van der Waals surface area contributed by atoms with Crippen molar-refractivity contribution in [1.82, 2.24) is 0 Å². The second kappa shape index (κ2) is 9.12. The number of Topliss-reactive ketones (excluding diaryl/α,β-unsaturated/α-hetero) is 1. The second-order valence-electron chi connectivity index (χ2n) is 5.38. The maximum Gasteiger partial charge on any atom is 0.316 e. The van der Waals surface area contributed by atoms with Gasteiger partial charge in [-0.15, -0.1) is 0 Å². The van der Waals surface area contributed by atoms with Crippen LogP contribution in [0.2, 0.25) is 0 Å². The molecule has 0 aliphatic rings. The zero-order valence-electron chi connectivity index (χ0n) is 12.5. The molecule has 106 valence electrons. The lowest BCUT2D eigenvalue weighted by molar-refractivity contribution is -0.152. The normalized spacial score (nSPS) is 14.3. The average molecular weight is 256 g/mol. The maximum absolute atomic E-state index is 12.1. The van der Waals surface area contributed by atoms with Crippen molar-refractivity contribution in [2.24, 2.45) is 17.8 Å². The molecule has 0 amide bonds. The van der Waals surface area contributed by atoms with Crippen LogP contribution in [0.4, 0.5) is 0 Å². The van der Waals surface area contributed by atoms with Crippen molar-refractivity contribution < 1.29 is 14.3 Å². The zero-order valence-corrected chi connectivity index (χ0v) is 12.5. The van der Waals surface area contributed by atoms with Crippen LogP contribution in [0.25, 0.3) is 0 Å². The molecule has 0 spiro atoms. The highest BCUT2D eigenvalue weighted by Crippen LogP contribution is 2.24. The number of rotatable bonds is 9. The van der Waals surface area contributed by atoms with Crippen molar-refractivity contribution in [3.05, 3.63) is 0 Å². The Hall–Kier alpha value is -0.860. The van der Waals surface area contributed by atoms with Gasteiger partial charge in [-0.25, -0.2) is 0 Å². The highest BCUT2D eigenvalue weighted by molar-refractivity contribution is 6.00. The van der Waals surface area contributed by atoms with Gasteiger partial charge >= 0.3 is 5.97 Å². The van der Waals surface area contributed by atoms with Crippen LogP contribution in [0.1, 0.15) is 59.8 Å². The number of ketones is 1. The molecule has 18 heavy (non-hydrogen) atoms. The summed E-state index contributed by atoms with van der Waals surface area (Å²) in [5.41, 5.74) is 0. The van der Waals surface area contributed by atoms with Crippen LogP contribution in [0.3, 0.4) is 0 Å². The van der Waals surface area contributed by atoms with Gasteiger partial charge in [0.25, 0.3) is 0 Å². The molecule has 0 aliphatic heterocycles. The number of carbonyl (C=O) groups is 2. The molecule has 0 rings (SSSR count). The van der Waals surface area contributed by atoms with Gasteiger partial charge in [0.05, 0.1) is 7.11 Å². The Bertz CT molecular complexity index is 258. The Morgan fingerprint density at radius 3 is 2.11 bits per heavy atom. The number of ether oxygens (including phenoxy) is 1. The summed E-state index contributed by atoms with van der Waals surface area (Å²) >= 11 is 0. The molecular formula is C15H28O3. The first-order valence-corrected chi connectivity index (χ1v) is 7.07. The van der Waals surface area contributed by atoms with Crippen molar-refractivity contribution in [2.45, 2.75) is 59.8 Å². The smallest absolute Gasteiger partial charge is 0.316 e. The molecular weight excluding hydrogens is 228 g/mol. The minimum atomic E-state index is -0.586. The SMILES string of the molecule is CCCCCCC(C)C(C(=O)OC)C(=O)C(C)C. The monoisotopic (exact) mass is 256 g/mol. The lowest BCUT2D eigenvalue weighted by Gasteiger charge is -2.22. The van der Waals surface area contributed by atoms with Crippen LogP contribution in [0, 0.1) is 17.8 Å². The number of carbonyl (C=O) groups excluding carboxylic acids is 2. The number of methoxy groups -OCH3 is 1. The molecule has 3 nitrogen and oxygen atoms in total. The predicted molar refractivity (Wildman–Crippen MR) is 73.3 cm³/mol. The lowest BCUT2D eigenvalue weighted by atomic mass is 9.82. The van der Waals surface area contributed by atoms with Gasteiger partial charge in [-0.05, 0) is 12.3 Å². The third-order valence-corrected chi connectivity index (χ3v) is 3.41. The minimum absolute atomic E-state index is 0.00448. The van der Waals surface area contributed by atoms with E-state index in [0.717, 1.165) is 12.8 Å². The van der Waals surface area contributed by atoms with E-state index < -0.39 is 5.92 Å². The van der Waals surface area contributed by atoms with Gasteiger partial charge in [-0.2, -0.15) is 0 Å². The summed E-state index contributed by atoms with van der Waals surface area (Å²) in [5, 5.41) is 0. The van der Waals surface area contributed by atoms with E-state index in [-0.39, 0.29) is 23.6 Å². The van der Waals surface area contributed by atoms with Crippen LogP contribution in [0.5, 0.6) is 0 Å². The first kappa shape index (κ1) is 17.1. The quantitative estimate of drug-likeness (QED) is 0.359. The summed E-state index contributed by atoms with van der Waals surface area (Å²) < 4.78 is 4.77. The molecule has 2 atom stereocenters. The maximum atomic E-state index is 12.1. The van der Waals surface area contributed by atoms with Crippen LogP contribution in [-0.2, 0) is 14.3 Å². The summed E-state index contributed by atoms with van der Waals surface area (Å²) in [6.45, 7) is 7.82. The van der Waals surface area contributed by atoms with E-state index in [1.165, 1.54) is 26.4 Å². The molecule has 0 saturated heterocycles. The van der Waals surface area contributed by atoms with Crippen LogP contribution in [-0.4, -0.2) is 18.9 Å². The van der Waals surface area contributed by atoms with Crippen LogP contribution in [0.15, 0.2) is 0 Å². The van der Waals surface area contributed by atoms with Gasteiger partial charge in [0.2, 0.25) is 0 Å². The van der Waals surface area contributed by atoms with Gasteiger partial charge in [-0.3, -0.25) is 9.59 Å². The van der Waals surface area contributed by atoms with Crippen molar-refractivity contribution in [1.29, 1.82) is 0 Å². The molecule has 0 N–H and O–H groups in total. The minimum Gasteiger partial charge on any atom is -0.468 e. The Labute approximate surface area is 111 Å². The molecule has 0 saturated carbocycles. The molecule has 0 aromatic carbocycles. The second-order valence-corrected chi connectivity index (χ2v) is 5.38. The van der Waals surface area contributed by atoms with E-state index in [9.17, 15) is 9.59 Å². The first-order valence-electron chi connectivity index (χ1n) is 7.07. The highest BCUT2D eigenvalue weighted by atomic mass is 16.5. The van der Waals surface area contributed by atoms with Crippen molar-refractivity contribution in [2.75, 3.05) is 7.11 Å². The Balaban J connectivity index is 4.46. The summed E-state index contributed by atoms with van der Waals surface area (Å²) in [5.74, 6) is -1.01. The predicted octanol–water partition coefficient (Wildman–Crippen LogP) is 3.61. The first-order chi connectivity index (χ1) is 8.45. The summed E-state index contributed by atoms with van der Waals surface area (Å²) in [6.07, 6.45) is 5.57. The van der Waals surface area contributed by atoms with Crippen LogP contribution >= 0.6 is 0 Å². The fraction of sp³-hybridized carbons (Fsp3) is 0.867. The van der Waals surface area contributed by atoms with Crippen molar-refractivity contribution >= 4 is 11.8 Å². The van der Waals surface area contributed by atoms with E-state index in [1.807, 2.05) is 20.8 Å². The van der Waals surface area contributed by atoms with Crippen molar-refractivity contribution in [3.63, 3.8) is 0 Å². The Kier molecular flexibility index (Phi) is 8.69. The average Bonchev–Trinajstić information content (AvgIpc) is 2.34. The zero-order chi connectivity index (χ0) is 14.1. The number of unbranched alkanes of at least 4 members (excludes halogenated alkanes) is 3. The molecule has 0 heterocycles. The Morgan fingerprint density at radius 2 is 1.67 bits per heavy atom. The van der Waals surface area contributed by atoms with E-state index in [0.29, 0.717) is 0 Å². The molecule has 0 aromatic heterocycles. The molecule has 2 unspecified atom stereocenters. The molecule has 0 fully saturated rings. The summed E-state index contributed by atoms with van der Waals surface area (Å²) in [4.78, 5) is 23.8. The lowest BCUT2D eigenvalue weighted by Crippen LogP contribution is -2.34. The number of esters is 1. The van der Waals surface area contributed by atoms with Gasteiger partial charge in [-0.1, -0.05) is 53.4 Å². The van der Waals surface area contributed by atoms with Gasteiger partial charge < -0.3 is 4.74 Å². The van der Waals surface area contributed by atoms with Gasteiger partial charge in [0.1, 0.15) is 11.7 Å². The number of hydrogen-bond acceptors (Lipinski definition) is 3. The van der Waals surface area contributed by atoms with E-state index >= 15 is 0 Å². The molecule has 0 aliphatic carbocycles. The van der Waals surface area contributed by atoms with E-state index in [4.69, 9.17) is 4.74 Å². The highest BCUT2D eigenvalue weighted by Gasteiger charge is 2.33. The summed E-state index contributed by atoms with van der Waals surface area (Å²) in [7, 11) is 1.35. The standard InChI is InChI=1S/C15H28O3/c1-6-7-8-9-10-12(4)13(15(17)18-5)14(16)11(2)3/h11-13H,6-10H2,1-5H3. The Morgan fingerprint density at radius 1 is 1.06 bits per heavy atom. The molecule has 0 radical (unpaired) electrons. The van der Waals surface area contributed by atoms with Gasteiger partial charge in [0.15, 0.2) is 0 Å². The van der Waals surface area contributed by atoms with E-state index in [2.05, 4.69) is 6.92 Å². The topological polar surface area (TPSA) is 43.4 Å². The molecule has 0 bridgehead atoms. The van der Waals surface area contributed by atoms with E-state index in [1.54, 1.807) is 0 Å². The third kappa shape index (κ3) is 5.65. The number of hydrogen-bond donors (Lipinski definition) is 0. The fourth-order valence-electron chi connectivity index (χ4n) is 2.17. The van der Waals surface area contributed by atoms with Gasteiger partial charge in [0, 0.05) is 5.92 Å². The fourth-order valence-corrected chi connectivity index (χ4v) is 2.17.